The molecular weight excluding hydrogens is 398 g/mol. The Labute approximate surface area is 160 Å². The first-order valence-corrected chi connectivity index (χ1v) is 10.4. The predicted octanol–water partition coefficient (Wildman–Crippen LogP) is 3.21. The van der Waals surface area contributed by atoms with Crippen molar-refractivity contribution in [3.8, 4) is 0 Å². The largest absolute Gasteiger partial charge is 0.435 e. The lowest BCUT2D eigenvalue weighted by molar-refractivity contribution is -0.142. The summed E-state index contributed by atoms with van der Waals surface area (Å²) in [7, 11) is -3.38. The third kappa shape index (κ3) is 4.38. The van der Waals surface area contributed by atoms with Crippen molar-refractivity contribution in [1.82, 2.24) is 14.5 Å². The molecule has 0 bridgehead atoms. The predicted molar refractivity (Wildman–Crippen MR) is 96.0 cm³/mol. The third-order valence-corrected chi connectivity index (χ3v) is 6.65. The molecule has 28 heavy (non-hydrogen) atoms. The number of nitrogens with zero attached hydrogens (tertiary/aromatic N) is 2. The van der Waals surface area contributed by atoms with Crippen molar-refractivity contribution in [2.24, 2.45) is 0 Å². The third-order valence-electron chi connectivity index (χ3n) is 4.75. The molecule has 1 atom stereocenters. The fraction of sp³-hybridized carbons (Fsp3) is 0.500. The number of halogens is 4. The van der Waals surface area contributed by atoms with Crippen LogP contribution in [0.1, 0.15) is 41.8 Å². The van der Waals surface area contributed by atoms with Crippen LogP contribution in [0, 0.1) is 0 Å². The minimum atomic E-state index is -4.70. The molecule has 1 aromatic heterocycles. The first-order valence-electron chi connectivity index (χ1n) is 8.81. The Morgan fingerprint density at radius 3 is 2.50 bits per heavy atom. The monoisotopic (exact) mass is 419 g/mol. The summed E-state index contributed by atoms with van der Waals surface area (Å²) in [6.45, 7) is 2.04. The number of nitrogens with one attached hydrogen (secondary N) is 1. The molecule has 0 spiro atoms. The van der Waals surface area contributed by atoms with Crippen molar-refractivity contribution in [3.63, 3.8) is 0 Å². The number of benzene rings is 1. The maximum atomic E-state index is 12.9. The maximum absolute atomic E-state index is 12.9. The molecular formula is C18H21F4N3O2S. The van der Waals surface area contributed by atoms with Gasteiger partial charge >= 0.3 is 6.18 Å². The number of fused-ring (bicyclic) bond motifs is 1. The average molecular weight is 419 g/mol. The van der Waals surface area contributed by atoms with Crippen molar-refractivity contribution < 1.29 is 26.0 Å². The summed E-state index contributed by atoms with van der Waals surface area (Å²) in [5, 5.41) is 2.96. The van der Waals surface area contributed by atoms with Crippen LogP contribution in [0.4, 0.5) is 17.6 Å². The van der Waals surface area contributed by atoms with E-state index in [1.165, 1.54) is 0 Å². The summed E-state index contributed by atoms with van der Waals surface area (Å²) in [5.41, 5.74) is 0.966. The summed E-state index contributed by atoms with van der Waals surface area (Å²) in [5.74, 6) is 0. The van der Waals surface area contributed by atoms with Crippen molar-refractivity contribution in [3.05, 3.63) is 52.3 Å². The topological polar surface area (TPSA) is 64.0 Å². The van der Waals surface area contributed by atoms with E-state index in [1.807, 2.05) is 12.1 Å². The van der Waals surface area contributed by atoms with Crippen LogP contribution in [0.2, 0.25) is 0 Å². The molecule has 0 radical (unpaired) electrons. The molecule has 1 N–H and O–H groups in total. The fourth-order valence-electron chi connectivity index (χ4n) is 3.29. The number of rotatable bonds is 6. The van der Waals surface area contributed by atoms with Gasteiger partial charge in [0.05, 0.1) is 11.8 Å². The molecule has 154 valence electrons. The molecule has 2 aromatic rings. The lowest BCUT2D eigenvalue weighted by atomic mass is 10.1. The van der Waals surface area contributed by atoms with E-state index in [-0.39, 0.29) is 12.6 Å². The summed E-state index contributed by atoms with van der Waals surface area (Å²) < 4.78 is 79.4. The number of aromatic nitrogens is 2. The van der Waals surface area contributed by atoms with Crippen LogP contribution in [0.5, 0.6) is 0 Å². The highest BCUT2D eigenvalue weighted by Crippen LogP contribution is 2.31. The fourth-order valence-corrected chi connectivity index (χ4v) is 4.19. The second kappa shape index (κ2) is 7.47. The van der Waals surface area contributed by atoms with Crippen molar-refractivity contribution in [1.29, 1.82) is 0 Å². The minimum absolute atomic E-state index is 0.0682. The summed E-state index contributed by atoms with van der Waals surface area (Å²) in [6, 6.07) is 5.21. The van der Waals surface area contributed by atoms with Gasteiger partial charge in [-0.2, -0.15) is 18.3 Å². The summed E-state index contributed by atoms with van der Waals surface area (Å²) >= 11 is 0. The van der Waals surface area contributed by atoms with Gasteiger partial charge in [-0.3, -0.25) is 4.68 Å². The van der Waals surface area contributed by atoms with Crippen LogP contribution < -0.4 is 4.72 Å². The normalized spacial score (nSPS) is 17.3. The van der Waals surface area contributed by atoms with E-state index in [0.717, 1.165) is 22.0 Å². The van der Waals surface area contributed by atoms with Crippen LogP contribution in [0.3, 0.4) is 0 Å². The van der Waals surface area contributed by atoms with E-state index < -0.39 is 39.4 Å². The molecule has 5 nitrogen and oxygen atoms in total. The summed E-state index contributed by atoms with van der Waals surface area (Å²) in [4.78, 5) is 0. The van der Waals surface area contributed by atoms with Crippen LogP contribution in [0.25, 0.3) is 0 Å². The van der Waals surface area contributed by atoms with Crippen LogP contribution in [0.15, 0.2) is 24.4 Å². The Balaban J connectivity index is 1.75. The average Bonchev–Trinajstić information content (AvgIpc) is 3.16. The molecule has 1 aliphatic rings. The van der Waals surface area contributed by atoms with Gasteiger partial charge in [-0.05, 0) is 43.4 Å². The number of hydrogen-bond donors (Lipinski definition) is 1. The standard InChI is InChI=1S/C18H21F4N3O2S/c1-11(2)28(26,27)24-16-6-13-4-3-12(5-14(13)7-16)9-25-10-15(8-19)17(23-25)18(20,21)22/h3-5,10-11,16,24H,6-9H2,1-2H3/t16-/m0/s1. The minimum Gasteiger partial charge on any atom is -0.267 e. The van der Waals surface area contributed by atoms with E-state index in [1.54, 1.807) is 19.9 Å². The number of sulfonamides is 1. The van der Waals surface area contributed by atoms with E-state index in [4.69, 9.17) is 0 Å². The first-order chi connectivity index (χ1) is 13.0. The SMILES string of the molecule is CC(C)S(=O)(=O)N[C@H]1Cc2ccc(Cn3cc(CF)c(C(F)(F)F)n3)cc2C1. The molecule has 0 aliphatic heterocycles. The van der Waals surface area contributed by atoms with Crippen LogP contribution in [-0.2, 0) is 42.3 Å². The van der Waals surface area contributed by atoms with Gasteiger partial charge in [-0.1, -0.05) is 18.2 Å². The molecule has 1 aromatic carbocycles. The van der Waals surface area contributed by atoms with Gasteiger partial charge in [-0.25, -0.2) is 17.5 Å². The highest BCUT2D eigenvalue weighted by molar-refractivity contribution is 7.90. The lowest BCUT2D eigenvalue weighted by Gasteiger charge is -2.14. The Morgan fingerprint density at radius 2 is 1.93 bits per heavy atom. The molecule has 1 heterocycles. The zero-order valence-electron chi connectivity index (χ0n) is 15.4. The van der Waals surface area contributed by atoms with Crippen molar-refractivity contribution >= 4 is 10.0 Å². The van der Waals surface area contributed by atoms with E-state index in [0.29, 0.717) is 18.4 Å². The van der Waals surface area contributed by atoms with E-state index in [2.05, 4.69) is 9.82 Å². The van der Waals surface area contributed by atoms with Gasteiger partial charge < -0.3 is 0 Å². The molecule has 10 heteroatoms. The molecule has 0 saturated carbocycles. The second-order valence-corrected chi connectivity index (χ2v) is 9.52. The van der Waals surface area contributed by atoms with Crippen LogP contribution in [-0.4, -0.2) is 29.5 Å². The quantitative estimate of drug-likeness (QED) is 0.732. The molecule has 0 saturated heterocycles. The smallest absolute Gasteiger partial charge is 0.267 e. The molecule has 1 aliphatic carbocycles. The van der Waals surface area contributed by atoms with Crippen molar-refractivity contribution in [2.45, 2.75) is 57.4 Å². The Kier molecular flexibility index (Phi) is 5.55. The Morgan fingerprint density at radius 1 is 1.25 bits per heavy atom. The molecule has 3 rings (SSSR count). The maximum Gasteiger partial charge on any atom is 0.435 e. The van der Waals surface area contributed by atoms with Gasteiger partial charge in [-0.15, -0.1) is 0 Å². The number of hydrogen-bond acceptors (Lipinski definition) is 3. The zero-order chi connectivity index (χ0) is 20.7. The number of alkyl halides is 4. The first kappa shape index (κ1) is 20.8. The van der Waals surface area contributed by atoms with Crippen LogP contribution >= 0.6 is 0 Å². The lowest BCUT2D eigenvalue weighted by Crippen LogP contribution is -2.39. The van der Waals surface area contributed by atoms with E-state index in [9.17, 15) is 26.0 Å². The highest BCUT2D eigenvalue weighted by Gasteiger charge is 2.37. The Bertz CT molecular complexity index is 968. The highest BCUT2D eigenvalue weighted by atomic mass is 32.2. The Hall–Kier alpha value is -1.94. The van der Waals surface area contributed by atoms with Gasteiger partial charge in [0.2, 0.25) is 10.0 Å². The van der Waals surface area contributed by atoms with Gasteiger partial charge in [0.25, 0.3) is 0 Å². The van der Waals surface area contributed by atoms with Crippen molar-refractivity contribution in [2.75, 3.05) is 0 Å². The molecule has 0 unspecified atom stereocenters. The molecule has 0 amide bonds. The summed E-state index contributed by atoms with van der Waals surface area (Å²) in [6.07, 6.45) is -2.56. The zero-order valence-corrected chi connectivity index (χ0v) is 16.2. The van der Waals surface area contributed by atoms with Gasteiger partial charge in [0.15, 0.2) is 5.69 Å². The second-order valence-electron chi connectivity index (χ2n) is 7.25. The van der Waals surface area contributed by atoms with Gasteiger partial charge in [0.1, 0.15) is 6.67 Å². The van der Waals surface area contributed by atoms with Gasteiger partial charge in [0, 0.05) is 17.8 Å². The van der Waals surface area contributed by atoms with E-state index >= 15 is 0 Å². The molecule has 0 fully saturated rings.